The molecule has 3 nitrogen and oxygen atoms in total. The Labute approximate surface area is 122 Å². The minimum atomic E-state index is -0.474. The minimum Gasteiger partial charge on any atom is -0.490 e. The fraction of sp³-hybridized carbons (Fsp3) is 0.500. The number of ether oxygens (including phenoxy) is 1. The van der Waals surface area contributed by atoms with Crippen LogP contribution in [-0.2, 0) is 0 Å². The molecule has 1 atom stereocenters. The normalized spacial score (nSPS) is 12.1. The van der Waals surface area contributed by atoms with Gasteiger partial charge in [-0.15, -0.1) is 12.4 Å². The Bertz CT molecular complexity index is 323. The summed E-state index contributed by atoms with van der Waals surface area (Å²) in [6.07, 6.45) is -0.474. The lowest BCUT2D eigenvalue weighted by Gasteiger charge is -2.15. The van der Waals surface area contributed by atoms with Crippen molar-refractivity contribution in [3.05, 3.63) is 27.8 Å². The highest BCUT2D eigenvalue weighted by atomic mass is 127. The van der Waals surface area contributed by atoms with E-state index in [-0.39, 0.29) is 12.4 Å². The van der Waals surface area contributed by atoms with E-state index in [4.69, 9.17) is 4.74 Å². The summed E-state index contributed by atoms with van der Waals surface area (Å²) in [6, 6.07) is 8.16. The van der Waals surface area contributed by atoms with Gasteiger partial charge in [0.1, 0.15) is 18.5 Å². The fourth-order valence-electron chi connectivity index (χ4n) is 1.18. The summed E-state index contributed by atoms with van der Waals surface area (Å²) in [4.78, 5) is 0. The quantitative estimate of drug-likeness (QED) is 0.755. The smallest absolute Gasteiger partial charge is 0.132 e. The van der Waals surface area contributed by atoms with Crippen LogP contribution in [-0.4, -0.2) is 30.4 Å². The van der Waals surface area contributed by atoms with Crippen LogP contribution < -0.4 is 10.1 Å². The summed E-state index contributed by atoms with van der Waals surface area (Å²) < 4.78 is 6.59. The Kier molecular flexibility index (Phi) is 8.94. The lowest BCUT2D eigenvalue weighted by molar-refractivity contribution is 0.104. The van der Waals surface area contributed by atoms with Gasteiger partial charge in [0.05, 0.1) is 3.57 Å². The van der Waals surface area contributed by atoms with E-state index in [0.29, 0.717) is 19.2 Å². The molecule has 5 heteroatoms. The number of rotatable bonds is 6. The van der Waals surface area contributed by atoms with Crippen LogP contribution in [0.15, 0.2) is 24.3 Å². The first-order valence-electron chi connectivity index (χ1n) is 5.38. The summed E-state index contributed by atoms with van der Waals surface area (Å²) in [5, 5.41) is 12.8. The van der Waals surface area contributed by atoms with Crippen molar-refractivity contribution >= 4 is 35.0 Å². The van der Waals surface area contributed by atoms with Gasteiger partial charge in [-0.1, -0.05) is 26.0 Å². The van der Waals surface area contributed by atoms with Crippen molar-refractivity contribution in [2.24, 2.45) is 0 Å². The Morgan fingerprint density at radius 1 is 1.35 bits per heavy atom. The molecule has 0 spiro atoms. The van der Waals surface area contributed by atoms with Crippen molar-refractivity contribution in [1.29, 1.82) is 0 Å². The maximum absolute atomic E-state index is 9.66. The zero-order valence-corrected chi connectivity index (χ0v) is 13.0. The van der Waals surface area contributed by atoms with E-state index in [2.05, 4.69) is 27.9 Å². The number of hydrogen-bond donors (Lipinski definition) is 2. The van der Waals surface area contributed by atoms with Crippen molar-refractivity contribution in [3.63, 3.8) is 0 Å². The molecule has 2 N–H and O–H groups in total. The Morgan fingerprint density at radius 3 is 2.59 bits per heavy atom. The zero-order valence-electron chi connectivity index (χ0n) is 10.0. The first-order valence-corrected chi connectivity index (χ1v) is 6.46. The predicted molar refractivity (Wildman–Crippen MR) is 81.0 cm³/mol. The maximum Gasteiger partial charge on any atom is 0.132 e. The molecule has 0 saturated carbocycles. The van der Waals surface area contributed by atoms with Gasteiger partial charge in [-0.3, -0.25) is 0 Å². The van der Waals surface area contributed by atoms with Gasteiger partial charge in [0.2, 0.25) is 0 Å². The molecule has 0 aromatic heterocycles. The molecule has 0 aliphatic heterocycles. The SMILES string of the molecule is CC(C)NCC(O)COc1ccccc1I.Cl. The summed E-state index contributed by atoms with van der Waals surface area (Å²) in [5.74, 6) is 0.826. The number of para-hydroxylation sites is 1. The van der Waals surface area contributed by atoms with Gasteiger partial charge in [-0.05, 0) is 34.7 Å². The molecule has 1 aromatic carbocycles. The van der Waals surface area contributed by atoms with Crippen LogP contribution in [0.25, 0.3) is 0 Å². The third-order valence-electron chi connectivity index (χ3n) is 2.03. The average molecular weight is 372 g/mol. The molecule has 0 heterocycles. The van der Waals surface area contributed by atoms with Gasteiger partial charge in [0, 0.05) is 12.6 Å². The Hall–Kier alpha value is -0.0400. The first kappa shape index (κ1) is 17.0. The van der Waals surface area contributed by atoms with Crippen molar-refractivity contribution < 1.29 is 9.84 Å². The largest absolute Gasteiger partial charge is 0.490 e. The second-order valence-electron chi connectivity index (χ2n) is 3.96. The second kappa shape index (κ2) is 8.97. The van der Waals surface area contributed by atoms with E-state index in [1.807, 2.05) is 38.1 Å². The molecule has 0 bridgehead atoms. The molecule has 98 valence electrons. The van der Waals surface area contributed by atoms with E-state index in [1.54, 1.807) is 0 Å². The standard InChI is InChI=1S/C12H18INO2.ClH/c1-9(2)14-7-10(15)8-16-12-6-4-3-5-11(12)13;/h3-6,9-10,14-15H,7-8H2,1-2H3;1H. The van der Waals surface area contributed by atoms with E-state index >= 15 is 0 Å². The van der Waals surface area contributed by atoms with Crippen molar-refractivity contribution in [2.75, 3.05) is 13.2 Å². The van der Waals surface area contributed by atoms with Crippen LogP contribution >= 0.6 is 35.0 Å². The van der Waals surface area contributed by atoms with Crippen LogP contribution in [0.3, 0.4) is 0 Å². The third kappa shape index (κ3) is 7.08. The highest BCUT2D eigenvalue weighted by Crippen LogP contribution is 2.19. The number of nitrogens with one attached hydrogen (secondary N) is 1. The minimum absolute atomic E-state index is 0. The Balaban J connectivity index is 0.00000256. The molecule has 0 saturated heterocycles. The fourth-order valence-corrected chi connectivity index (χ4v) is 1.72. The van der Waals surface area contributed by atoms with Crippen LogP contribution in [0.5, 0.6) is 5.75 Å². The predicted octanol–water partition coefficient (Wildman–Crippen LogP) is 2.45. The van der Waals surface area contributed by atoms with Gasteiger partial charge in [-0.2, -0.15) is 0 Å². The summed E-state index contributed by atoms with van der Waals surface area (Å²) in [5.41, 5.74) is 0. The number of aliphatic hydroxyl groups excluding tert-OH is 1. The monoisotopic (exact) mass is 371 g/mol. The van der Waals surface area contributed by atoms with E-state index in [0.717, 1.165) is 9.32 Å². The molecular weight excluding hydrogens is 352 g/mol. The average Bonchev–Trinajstić information content (AvgIpc) is 2.25. The van der Waals surface area contributed by atoms with E-state index < -0.39 is 6.10 Å². The molecule has 0 amide bonds. The number of aliphatic hydroxyl groups is 1. The molecule has 1 unspecified atom stereocenters. The molecule has 0 fully saturated rings. The van der Waals surface area contributed by atoms with Crippen LogP contribution in [0.1, 0.15) is 13.8 Å². The highest BCUT2D eigenvalue weighted by Gasteiger charge is 2.07. The first-order chi connectivity index (χ1) is 7.59. The zero-order chi connectivity index (χ0) is 12.0. The van der Waals surface area contributed by atoms with Crippen molar-refractivity contribution in [3.8, 4) is 5.75 Å². The molecule has 17 heavy (non-hydrogen) atoms. The molecular formula is C12H19ClINO2. The summed E-state index contributed by atoms with van der Waals surface area (Å²) in [7, 11) is 0. The molecule has 0 radical (unpaired) electrons. The van der Waals surface area contributed by atoms with Gasteiger partial charge in [0.15, 0.2) is 0 Å². The molecule has 1 aromatic rings. The van der Waals surface area contributed by atoms with Gasteiger partial charge in [0.25, 0.3) is 0 Å². The maximum atomic E-state index is 9.66. The summed E-state index contributed by atoms with van der Waals surface area (Å²) >= 11 is 2.22. The number of benzene rings is 1. The van der Waals surface area contributed by atoms with Crippen LogP contribution in [0.4, 0.5) is 0 Å². The molecule has 0 aliphatic carbocycles. The van der Waals surface area contributed by atoms with Crippen LogP contribution in [0.2, 0.25) is 0 Å². The van der Waals surface area contributed by atoms with Gasteiger partial charge < -0.3 is 15.2 Å². The van der Waals surface area contributed by atoms with Crippen molar-refractivity contribution in [1.82, 2.24) is 5.32 Å². The van der Waals surface area contributed by atoms with Gasteiger partial charge in [-0.25, -0.2) is 0 Å². The topological polar surface area (TPSA) is 41.5 Å². The van der Waals surface area contributed by atoms with Crippen molar-refractivity contribution in [2.45, 2.75) is 26.0 Å². The van der Waals surface area contributed by atoms with E-state index in [1.165, 1.54) is 0 Å². The third-order valence-corrected chi connectivity index (χ3v) is 2.92. The molecule has 0 aliphatic rings. The highest BCUT2D eigenvalue weighted by molar-refractivity contribution is 14.1. The van der Waals surface area contributed by atoms with E-state index in [9.17, 15) is 5.11 Å². The van der Waals surface area contributed by atoms with Crippen LogP contribution in [0, 0.1) is 3.57 Å². The Morgan fingerprint density at radius 2 is 2.00 bits per heavy atom. The summed E-state index contributed by atoms with van der Waals surface area (Å²) in [6.45, 7) is 4.97. The lowest BCUT2D eigenvalue weighted by atomic mass is 10.3. The lowest BCUT2D eigenvalue weighted by Crippen LogP contribution is -2.35. The second-order valence-corrected chi connectivity index (χ2v) is 5.12. The number of halogens is 2. The number of hydrogen-bond acceptors (Lipinski definition) is 3. The van der Waals surface area contributed by atoms with Gasteiger partial charge >= 0.3 is 0 Å². The molecule has 1 rings (SSSR count).